The Morgan fingerprint density at radius 2 is 1.94 bits per heavy atom. The molecular weight excluding hydrogens is 244 g/mol. The predicted molar refractivity (Wildman–Crippen MR) is 61.1 cm³/mol. The van der Waals surface area contributed by atoms with Crippen molar-refractivity contribution in [3.8, 4) is 0 Å². The molecule has 7 heteroatoms. The van der Waals surface area contributed by atoms with Gasteiger partial charge in [0.05, 0.1) is 0 Å². The molecule has 1 aromatic heterocycles. The van der Waals surface area contributed by atoms with E-state index >= 15 is 0 Å². The van der Waals surface area contributed by atoms with Crippen molar-refractivity contribution in [1.29, 1.82) is 0 Å². The van der Waals surface area contributed by atoms with E-state index in [1.165, 1.54) is 6.92 Å². The molecular formula is C10H14N2O4S. The second kappa shape index (κ2) is 4.42. The number of nitrogen functional groups attached to an aromatic ring is 1. The first-order valence-corrected chi connectivity index (χ1v) is 6.15. The summed E-state index contributed by atoms with van der Waals surface area (Å²) in [4.78, 5) is 26.2. The van der Waals surface area contributed by atoms with Crippen LogP contribution < -0.4 is 10.2 Å². The van der Waals surface area contributed by atoms with E-state index < -0.39 is 28.2 Å². The normalized spacial score (nSPS) is 12.4. The van der Waals surface area contributed by atoms with Crippen LogP contribution in [0.1, 0.15) is 45.9 Å². The molecule has 1 atom stereocenters. The van der Waals surface area contributed by atoms with Gasteiger partial charge in [0.15, 0.2) is 0 Å². The van der Waals surface area contributed by atoms with Gasteiger partial charge in [-0.1, -0.05) is 0 Å². The van der Waals surface area contributed by atoms with Gasteiger partial charge < -0.3 is 14.6 Å². The van der Waals surface area contributed by atoms with E-state index in [9.17, 15) is 14.7 Å². The summed E-state index contributed by atoms with van der Waals surface area (Å²) in [6.07, 6.45) is 0. The van der Waals surface area contributed by atoms with Gasteiger partial charge in [-0.25, -0.2) is 4.79 Å². The molecule has 0 radical (unpaired) electrons. The SMILES string of the molecule is Cc1nc(C(=O)OC(C)(C)C)[s+](N)c1C(=O)[O-]. The van der Waals surface area contributed by atoms with Crippen molar-refractivity contribution in [2.24, 2.45) is 0 Å². The number of nitrogens with zero attached hydrogens (tertiary/aromatic N) is 1. The predicted octanol–water partition coefficient (Wildman–Crippen LogP) is 0.172. The molecule has 2 N–H and O–H groups in total. The first kappa shape index (κ1) is 13.6. The van der Waals surface area contributed by atoms with Gasteiger partial charge in [0.1, 0.15) is 27.9 Å². The Balaban J connectivity index is 3.13. The number of hydrogen-bond acceptors (Lipinski definition) is 6. The molecule has 1 heterocycles. The molecule has 1 aromatic rings. The fourth-order valence-corrected chi connectivity index (χ4v) is 2.40. The highest BCUT2D eigenvalue weighted by molar-refractivity contribution is 7.34. The highest BCUT2D eigenvalue weighted by atomic mass is 32.2. The van der Waals surface area contributed by atoms with Crippen LogP contribution in [0.3, 0.4) is 0 Å². The van der Waals surface area contributed by atoms with Gasteiger partial charge in [-0.2, -0.15) is 4.98 Å². The molecule has 0 spiro atoms. The Hall–Kier alpha value is -1.47. The number of aromatic carboxylic acids is 1. The van der Waals surface area contributed by atoms with Gasteiger partial charge in [-0.05, 0) is 27.7 Å². The number of nitrogens with two attached hydrogens (primary N) is 1. The van der Waals surface area contributed by atoms with Crippen LogP contribution in [0.25, 0.3) is 0 Å². The summed E-state index contributed by atoms with van der Waals surface area (Å²) in [6, 6.07) is 0. The van der Waals surface area contributed by atoms with Gasteiger partial charge in [0, 0.05) is 0 Å². The second-order valence-electron chi connectivity index (χ2n) is 4.46. The van der Waals surface area contributed by atoms with Crippen LogP contribution in [0.5, 0.6) is 0 Å². The minimum atomic E-state index is -1.41. The number of ether oxygens (including phenoxy) is 1. The number of hydrogen-bond donors (Lipinski definition) is 1. The smallest absolute Gasteiger partial charge is 0.415 e. The highest BCUT2D eigenvalue weighted by Crippen LogP contribution is 2.26. The molecule has 0 aromatic carbocycles. The maximum absolute atomic E-state index is 11.7. The minimum Gasteiger partial charge on any atom is -0.540 e. The Kier molecular flexibility index (Phi) is 3.53. The third-order valence-electron chi connectivity index (χ3n) is 1.78. The number of carbonyl (C=O) groups is 2. The van der Waals surface area contributed by atoms with E-state index in [1.807, 2.05) is 0 Å². The molecule has 1 unspecified atom stereocenters. The van der Waals surface area contributed by atoms with Crippen LogP contribution in [0, 0.1) is 6.92 Å². The summed E-state index contributed by atoms with van der Waals surface area (Å²) >= 11 is 0. The largest absolute Gasteiger partial charge is 0.540 e. The molecule has 0 saturated carbocycles. The average Bonchev–Trinajstić information content (AvgIpc) is 2.38. The Labute approximate surface area is 102 Å². The van der Waals surface area contributed by atoms with E-state index in [4.69, 9.17) is 9.88 Å². The van der Waals surface area contributed by atoms with Crippen molar-refractivity contribution >= 4 is 22.6 Å². The lowest BCUT2D eigenvalue weighted by Gasteiger charge is -2.17. The van der Waals surface area contributed by atoms with Crippen LogP contribution in [0.4, 0.5) is 0 Å². The summed E-state index contributed by atoms with van der Waals surface area (Å²) in [7, 11) is -1.38. The zero-order valence-corrected chi connectivity index (χ0v) is 10.9. The van der Waals surface area contributed by atoms with Gasteiger partial charge in [0.25, 0.3) is 0 Å². The number of rotatable bonds is 2. The van der Waals surface area contributed by atoms with Crippen LogP contribution in [-0.2, 0) is 4.74 Å². The van der Waals surface area contributed by atoms with Crippen molar-refractivity contribution in [3.63, 3.8) is 0 Å². The molecule has 17 heavy (non-hydrogen) atoms. The average molecular weight is 258 g/mol. The number of esters is 1. The van der Waals surface area contributed by atoms with Gasteiger partial charge in [-0.3, -0.25) is 0 Å². The standard InChI is InChI=1S/C10H14N2O4S/c1-5-6(8(13)14)17(11)7(12-5)9(15)16-10(2,3)4/h11H2,1-4H3. The number of aromatic nitrogens is 1. The maximum atomic E-state index is 11.7. The van der Waals surface area contributed by atoms with Gasteiger partial charge in [0.2, 0.25) is 4.88 Å². The third kappa shape index (κ3) is 3.01. The fourth-order valence-electron chi connectivity index (χ4n) is 1.20. The zero-order chi connectivity index (χ0) is 13.4. The number of thiazole rings is 1. The van der Waals surface area contributed by atoms with Gasteiger partial charge >= 0.3 is 11.0 Å². The highest BCUT2D eigenvalue weighted by Gasteiger charge is 2.33. The Morgan fingerprint density at radius 1 is 1.41 bits per heavy atom. The van der Waals surface area contributed by atoms with Crippen LogP contribution in [0.15, 0.2) is 0 Å². The lowest BCUT2D eigenvalue weighted by Crippen LogP contribution is -2.25. The number of aryl methyl sites for hydroxylation is 1. The summed E-state index contributed by atoms with van der Waals surface area (Å²) in [5, 5.41) is 16.4. The summed E-state index contributed by atoms with van der Waals surface area (Å²) < 4.78 is 5.09. The fraction of sp³-hybridized carbons (Fsp3) is 0.500. The number of carbonyl (C=O) groups excluding carboxylic acids is 2. The number of carboxylic acid groups (broad SMARTS) is 1. The summed E-state index contributed by atoms with van der Waals surface area (Å²) in [5.41, 5.74) is -0.487. The quantitative estimate of drug-likeness (QED) is 0.599. The Morgan fingerprint density at radius 3 is 2.29 bits per heavy atom. The molecule has 0 saturated heterocycles. The molecule has 0 aliphatic heterocycles. The van der Waals surface area contributed by atoms with Crippen molar-refractivity contribution in [2.45, 2.75) is 33.3 Å². The van der Waals surface area contributed by atoms with E-state index in [2.05, 4.69) is 4.98 Å². The molecule has 94 valence electrons. The topological polar surface area (TPSA) is 105 Å². The molecule has 0 amide bonds. The first-order chi connectivity index (χ1) is 7.63. The van der Waals surface area contributed by atoms with E-state index in [0.29, 0.717) is 0 Å². The van der Waals surface area contributed by atoms with Crippen molar-refractivity contribution in [1.82, 2.24) is 4.98 Å². The Bertz CT molecular complexity index is 473. The van der Waals surface area contributed by atoms with E-state index in [0.717, 1.165) is 0 Å². The summed E-state index contributed by atoms with van der Waals surface area (Å²) in [5.74, 6) is -2.10. The molecule has 0 bridgehead atoms. The zero-order valence-electron chi connectivity index (χ0n) is 10.1. The monoisotopic (exact) mass is 258 g/mol. The first-order valence-electron chi connectivity index (χ1n) is 4.86. The lowest BCUT2D eigenvalue weighted by molar-refractivity contribution is -0.254. The van der Waals surface area contributed by atoms with Gasteiger partial charge in [-0.15, -0.1) is 5.14 Å². The second-order valence-corrected chi connectivity index (χ2v) is 5.93. The van der Waals surface area contributed by atoms with Crippen LogP contribution in [0.2, 0.25) is 0 Å². The van der Waals surface area contributed by atoms with Crippen LogP contribution >= 0.6 is 10.7 Å². The van der Waals surface area contributed by atoms with Crippen molar-refractivity contribution in [3.05, 3.63) is 15.6 Å². The van der Waals surface area contributed by atoms with E-state index in [-0.39, 0.29) is 15.6 Å². The maximum Gasteiger partial charge on any atom is 0.415 e. The van der Waals surface area contributed by atoms with Crippen molar-refractivity contribution < 1.29 is 19.4 Å². The molecule has 0 fully saturated rings. The molecule has 6 nitrogen and oxygen atoms in total. The van der Waals surface area contributed by atoms with E-state index in [1.54, 1.807) is 20.8 Å². The van der Waals surface area contributed by atoms with Crippen LogP contribution in [-0.4, -0.2) is 22.5 Å². The molecule has 0 aliphatic rings. The molecule has 1 rings (SSSR count). The summed E-state index contributed by atoms with van der Waals surface area (Å²) in [6.45, 7) is 6.58. The lowest BCUT2D eigenvalue weighted by atomic mass is 10.2. The van der Waals surface area contributed by atoms with Crippen molar-refractivity contribution in [2.75, 3.05) is 5.14 Å². The minimum absolute atomic E-state index is 0.0726. The molecule has 0 aliphatic carbocycles. The number of carboxylic acids is 1. The third-order valence-corrected chi connectivity index (χ3v) is 3.36.